The van der Waals surface area contributed by atoms with Crippen molar-refractivity contribution in [3.63, 3.8) is 0 Å². The summed E-state index contributed by atoms with van der Waals surface area (Å²) in [5.41, 5.74) is 1.04. The van der Waals surface area contributed by atoms with Crippen LogP contribution in [0.3, 0.4) is 0 Å². The minimum Gasteiger partial charge on any atom is -0.481 e. The molecule has 0 unspecified atom stereocenters. The van der Waals surface area contributed by atoms with Gasteiger partial charge in [0.25, 0.3) is 5.91 Å². The molecule has 0 aromatic heterocycles. The second-order valence-corrected chi connectivity index (χ2v) is 5.43. The minimum atomic E-state index is -4.65. The first-order valence-corrected chi connectivity index (χ1v) is 6.90. The predicted molar refractivity (Wildman–Crippen MR) is 73.7 cm³/mol. The first-order chi connectivity index (χ1) is 10.7. The third kappa shape index (κ3) is 3.82. The van der Waals surface area contributed by atoms with E-state index in [4.69, 9.17) is 9.84 Å². The first-order valence-electron chi connectivity index (χ1n) is 6.90. The molecular weight excluding hydrogens is 315 g/mol. The van der Waals surface area contributed by atoms with Crippen molar-refractivity contribution in [3.8, 4) is 0 Å². The zero-order chi connectivity index (χ0) is 17.2. The van der Waals surface area contributed by atoms with E-state index in [2.05, 4.69) is 0 Å². The molecule has 1 amide bonds. The topological polar surface area (TPSA) is 66.8 Å². The van der Waals surface area contributed by atoms with Crippen LogP contribution in [0.1, 0.15) is 15.9 Å². The van der Waals surface area contributed by atoms with Crippen LogP contribution in [0, 0.1) is 11.8 Å². The molecule has 1 aromatic rings. The molecule has 1 aromatic carbocycles. The van der Waals surface area contributed by atoms with Crippen molar-refractivity contribution in [2.75, 3.05) is 20.2 Å². The van der Waals surface area contributed by atoms with Crippen LogP contribution in [-0.2, 0) is 16.1 Å². The van der Waals surface area contributed by atoms with Gasteiger partial charge in [0, 0.05) is 25.8 Å². The van der Waals surface area contributed by atoms with E-state index in [9.17, 15) is 22.8 Å². The van der Waals surface area contributed by atoms with Crippen molar-refractivity contribution >= 4 is 11.9 Å². The van der Waals surface area contributed by atoms with E-state index in [0.717, 1.165) is 10.5 Å². The Labute approximate surface area is 130 Å². The summed E-state index contributed by atoms with van der Waals surface area (Å²) in [6.07, 6.45) is -4.65. The lowest BCUT2D eigenvalue weighted by atomic mass is 9.96. The Morgan fingerprint density at radius 3 is 2.30 bits per heavy atom. The number of hydrogen-bond acceptors (Lipinski definition) is 3. The van der Waals surface area contributed by atoms with Crippen LogP contribution in [0.4, 0.5) is 13.2 Å². The SMILES string of the molecule is COCc1ccc(C(=O)N2C[C@@H](C(F)(F)F)[C@H](C(=O)O)C2)cc1. The van der Waals surface area contributed by atoms with Gasteiger partial charge < -0.3 is 14.7 Å². The Morgan fingerprint density at radius 1 is 1.26 bits per heavy atom. The van der Waals surface area contributed by atoms with Crippen molar-refractivity contribution in [2.45, 2.75) is 12.8 Å². The zero-order valence-electron chi connectivity index (χ0n) is 12.3. The lowest BCUT2D eigenvalue weighted by Crippen LogP contribution is -2.34. The molecule has 126 valence electrons. The van der Waals surface area contributed by atoms with E-state index >= 15 is 0 Å². The van der Waals surface area contributed by atoms with Gasteiger partial charge in [-0.1, -0.05) is 12.1 Å². The molecule has 8 heteroatoms. The summed E-state index contributed by atoms with van der Waals surface area (Å²) in [5.74, 6) is -5.83. The summed E-state index contributed by atoms with van der Waals surface area (Å²) in [6, 6.07) is 6.27. The van der Waals surface area contributed by atoms with Gasteiger partial charge in [-0.2, -0.15) is 13.2 Å². The van der Waals surface area contributed by atoms with E-state index < -0.39 is 43.0 Å². The zero-order valence-corrected chi connectivity index (χ0v) is 12.3. The fraction of sp³-hybridized carbons (Fsp3) is 0.467. The van der Waals surface area contributed by atoms with E-state index in [-0.39, 0.29) is 5.56 Å². The third-order valence-electron chi connectivity index (χ3n) is 3.86. The number of nitrogens with zero attached hydrogens (tertiary/aromatic N) is 1. The van der Waals surface area contributed by atoms with Gasteiger partial charge in [-0.25, -0.2) is 0 Å². The maximum atomic E-state index is 12.9. The molecule has 2 rings (SSSR count). The molecule has 0 bridgehead atoms. The Morgan fingerprint density at radius 2 is 1.87 bits per heavy atom. The number of halogens is 3. The third-order valence-corrected chi connectivity index (χ3v) is 3.86. The number of carboxylic acids is 1. The van der Waals surface area contributed by atoms with Crippen LogP contribution in [0.15, 0.2) is 24.3 Å². The summed E-state index contributed by atoms with van der Waals surface area (Å²) >= 11 is 0. The molecule has 0 radical (unpaired) electrons. The van der Waals surface area contributed by atoms with E-state index in [1.165, 1.54) is 19.2 Å². The number of carbonyl (C=O) groups is 2. The highest BCUT2D eigenvalue weighted by Gasteiger charge is 2.53. The number of methoxy groups -OCH3 is 1. The van der Waals surface area contributed by atoms with Crippen molar-refractivity contribution in [3.05, 3.63) is 35.4 Å². The lowest BCUT2D eigenvalue weighted by molar-refractivity contribution is -0.187. The van der Waals surface area contributed by atoms with Crippen LogP contribution in [0.5, 0.6) is 0 Å². The molecular formula is C15H16F3NO4. The molecule has 0 aliphatic carbocycles. The van der Waals surface area contributed by atoms with Crippen molar-refractivity contribution in [2.24, 2.45) is 11.8 Å². The molecule has 23 heavy (non-hydrogen) atoms. The smallest absolute Gasteiger partial charge is 0.394 e. The van der Waals surface area contributed by atoms with Gasteiger partial charge >= 0.3 is 12.1 Å². The number of alkyl halides is 3. The minimum absolute atomic E-state index is 0.219. The average molecular weight is 331 g/mol. The molecule has 1 heterocycles. The van der Waals surface area contributed by atoms with Gasteiger partial charge in [-0.3, -0.25) is 9.59 Å². The van der Waals surface area contributed by atoms with Gasteiger partial charge in [0.05, 0.1) is 18.4 Å². The maximum absolute atomic E-state index is 12.9. The number of ether oxygens (including phenoxy) is 1. The molecule has 1 fully saturated rings. The highest BCUT2D eigenvalue weighted by molar-refractivity contribution is 5.95. The predicted octanol–water partition coefficient (Wildman–Crippen LogP) is 2.17. The second-order valence-electron chi connectivity index (χ2n) is 5.43. The van der Waals surface area contributed by atoms with Crippen LogP contribution in [0.25, 0.3) is 0 Å². The molecule has 0 spiro atoms. The standard InChI is InChI=1S/C15H16F3NO4/c1-23-8-9-2-4-10(5-3-9)13(20)19-6-11(14(21)22)12(7-19)15(16,17)18/h2-5,11-12H,6-8H2,1H3,(H,21,22)/t11-,12-/m1/s1. The Kier molecular flexibility index (Phi) is 4.93. The van der Waals surface area contributed by atoms with Crippen molar-refractivity contribution in [1.29, 1.82) is 0 Å². The number of benzene rings is 1. The Hall–Kier alpha value is -2.09. The summed E-state index contributed by atoms with van der Waals surface area (Å²) in [7, 11) is 1.52. The summed E-state index contributed by atoms with van der Waals surface area (Å²) in [5, 5.41) is 8.96. The van der Waals surface area contributed by atoms with Gasteiger partial charge in [-0.15, -0.1) is 0 Å². The number of hydrogen-bond donors (Lipinski definition) is 1. The quantitative estimate of drug-likeness (QED) is 0.918. The molecule has 1 N–H and O–H groups in total. The second kappa shape index (κ2) is 6.57. The number of amides is 1. The van der Waals surface area contributed by atoms with E-state index in [0.29, 0.717) is 6.61 Å². The van der Waals surface area contributed by atoms with Crippen molar-refractivity contribution in [1.82, 2.24) is 4.90 Å². The molecule has 0 saturated carbocycles. The Balaban J connectivity index is 2.15. The Bertz CT molecular complexity index is 585. The van der Waals surface area contributed by atoms with Crippen LogP contribution < -0.4 is 0 Å². The first kappa shape index (κ1) is 17.3. The van der Waals surface area contributed by atoms with Gasteiger partial charge in [0.15, 0.2) is 0 Å². The number of likely N-dealkylation sites (tertiary alicyclic amines) is 1. The normalized spacial score (nSPS) is 21.5. The summed E-state index contributed by atoms with van der Waals surface area (Å²) in [4.78, 5) is 24.3. The van der Waals surface area contributed by atoms with Crippen LogP contribution >= 0.6 is 0 Å². The highest BCUT2D eigenvalue weighted by atomic mass is 19.4. The molecule has 1 saturated heterocycles. The monoisotopic (exact) mass is 331 g/mol. The lowest BCUT2D eigenvalue weighted by Gasteiger charge is -2.18. The molecule has 1 aliphatic heterocycles. The average Bonchev–Trinajstić information content (AvgIpc) is 2.93. The summed E-state index contributed by atoms with van der Waals surface area (Å²) in [6.45, 7) is -0.729. The molecule has 5 nitrogen and oxygen atoms in total. The molecule has 1 aliphatic rings. The fourth-order valence-electron chi connectivity index (χ4n) is 2.64. The largest absolute Gasteiger partial charge is 0.481 e. The van der Waals surface area contributed by atoms with Gasteiger partial charge in [-0.05, 0) is 17.7 Å². The number of aliphatic carboxylic acids is 1. The summed E-state index contributed by atoms with van der Waals surface area (Å²) < 4.78 is 43.7. The van der Waals surface area contributed by atoms with E-state index in [1.807, 2.05) is 0 Å². The van der Waals surface area contributed by atoms with Crippen LogP contribution in [-0.4, -0.2) is 48.3 Å². The van der Waals surface area contributed by atoms with Crippen LogP contribution in [0.2, 0.25) is 0 Å². The maximum Gasteiger partial charge on any atom is 0.394 e. The fourth-order valence-corrected chi connectivity index (χ4v) is 2.64. The van der Waals surface area contributed by atoms with E-state index in [1.54, 1.807) is 12.1 Å². The number of rotatable bonds is 4. The van der Waals surface area contributed by atoms with Crippen molar-refractivity contribution < 1.29 is 32.6 Å². The number of carboxylic acid groups (broad SMARTS) is 1. The van der Waals surface area contributed by atoms with Gasteiger partial charge in [0.1, 0.15) is 0 Å². The highest BCUT2D eigenvalue weighted by Crippen LogP contribution is 2.38. The molecule has 2 atom stereocenters. The van der Waals surface area contributed by atoms with Gasteiger partial charge in [0.2, 0.25) is 0 Å². The number of carbonyl (C=O) groups excluding carboxylic acids is 1.